The molecule has 1 atom stereocenters. The molecule has 1 saturated carbocycles. The fourth-order valence-electron chi connectivity index (χ4n) is 3.82. The van der Waals surface area contributed by atoms with Crippen LogP contribution < -0.4 is 4.90 Å². The van der Waals surface area contributed by atoms with Crippen LogP contribution in [0.5, 0.6) is 0 Å². The molecule has 2 aliphatic rings. The number of carbonyl (C=O) groups excluding carboxylic acids is 1. The first kappa shape index (κ1) is 15.7. The van der Waals surface area contributed by atoms with E-state index in [1.165, 1.54) is 17.2 Å². The highest BCUT2D eigenvalue weighted by Crippen LogP contribution is 2.46. The van der Waals surface area contributed by atoms with Gasteiger partial charge in [0.15, 0.2) is 0 Å². The van der Waals surface area contributed by atoms with E-state index in [1.54, 1.807) is 6.07 Å². The number of rotatable bonds is 3. The third kappa shape index (κ3) is 2.54. The molecule has 23 heavy (non-hydrogen) atoms. The summed E-state index contributed by atoms with van der Waals surface area (Å²) in [5, 5.41) is 9.13. The molecule has 0 radical (unpaired) electrons. The van der Waals surface area contributed by atoms with Crippen LogP contribution >= 0.6 is 0 Å². The number of aliphatic carboxylic acids is 1. The molecule has 0 aromatic carbocycles. The quantitative estimate of drug-likeness (QED) is 0.865. The van der Waals surface area contributed by atoms with E-state index in [-0.39, 0.29) is 11.7 Å². The van der Waals surface area contributed by atoms with E-state index in [2.05, 4.69) is 4.98 Å². The second kappa shape index (κ2) is 5.79. The van der Waals surface area contributed by atoms with Crippen LogP contribution in [0.25, 0.3) is 0 Å². The van der Waals surface area contributed by atoms with Gasteiger partial charge in [0.1, 0.15) is 11.3 Å². The molecule has 3 rings (SSSR count). The minimum atomic E-state index is -0.813. The Kier molecular flexibility index (Phi) is 3.95. The van der Waals surface area contributed by atoms with Crippen molar-refractivity contribution in [3.8, 4) is 0 Å². The van der Waals surface area contributed by atoms with Gasteiger partial charge in [0.2, 0.25) is 5.95 Å². The maximum Gasteiger partial charge on any atom is 0.415 e. The minimum Gasteiger partial charge on any atom is -0.481 e. The van der Waals surface area contributed by atoms with Gasteiger partial charge in [0, 0.05) is 6.20 Å². The molecule has 1 unspecified atom stereocenters. The number of aromatic nitrogens is 1. The largest absolute Gasteiger partial charge is 0.481 e. The minimum absolute atomic E-state index is 0.113. The van der Waals surface area contributed by atoms with Gasteiger partial charge >= 0.3 is 12.1 Å². The highest BCUT2D eigenvalue weighted by Gasteiger charge is 2.55. The lowest BCUT2D eigenvalue weighted by Gasteiger charge is -2.38. The molecular weight excluding hydrogens is 303 g/mol. The first-order valence-electron chi connectivity index (χ1n) is 7.84. The maximum absolute atomic E-state index is 14.0. The van der Waals surface area contributed by atoms with E-state index in [1.807, 2.05) is 6.92 Å². The lowest BCUT2D eigenvalue weighted by atomic mass is 9.74. The Morgan fingerprint density at radius 3 is 2.78 bits per heavy atom. The smallest absolute Gasteiger partial charge is 0.415 e. The molecule has 1 aliphatic carbocycles. The number of pyridine rings is 1. The number of carbonyl (C=O) groups is 2. The summed E-state index contributed by atoms with van der Waals surface area (Å²) in [6.07, 6.45) is 3.22. The van der Waals surface area contributed by atoms with Gasteiger partial charge < -0.3 is 9.84 Å². The number of ether oxygens (including phenoxy) is 1. The van der Waals surface area contributed by atoms with Crippen LogP contribution in [-0.4, -0.2) is 33.8 Å². The number of amides is 1. The van der Waals surface area contributed by atoms with E-state index < -0.39 is 29.5 Å². The first-order valence-corrected chi connectivity index (χ1v) is 7.84. The highest BCUT2D eigenvalue weighted by atomic mass is 19.1. The van der Waals surface area contributed by atoms with Crippen molar-refractivity contribution in [2.24, 2.45) is 5.92 Å². The molecule has 0 bridgehead atoms. The molecule has 2 fully saturated rings. The number of anilines is 1. The molecule has 1 aromatic rings. The summed E-state index contributed by atoms with van der Waals surface area (Å²) in [5.74, 6) is -1.92. The standard InChI is InChI=1S/C16H19FN2O4/c1-2-12-16(7-5-10(6-8-16)14(20)21)23-15(22)19(12)11-4-3-9-18-13(11)17/h3-4,9-10,12H,2,5-8H2,1H3,(H,20,21). The normalized spacial score (nSPS) is 30.5. The van der Waals surface area contributed by atoms with Crippen molar-refractivity contribution in [3.63, 3.8) is 0 Å². The van der Waals surface area contributed by atoms with Gasteiger partial charge in [0.25, 0.3) is 0 Å². The Labute approximate surface area is 133 Å². The third-order valence-electron chi connectivity index (χ3n) is 4.97. The van der Waals surface area contributed by atoms with Gasteiger partial charge in [-0.25, -0.2) is 9.78 Å². The van der Waals surface area contributed by atoms with E-state index >= 15 is 0 Å². The van der Waals surface area contributed by atoms with Crippen LogP contribution in [0.4, 0.5) is 14.9 Å². The fourth-order valence-corrected chi connectivity index (χ4v) is 3.82. The molecule has 1 spiro atoms. The van der Waals surface area contributed by atoms with E-state index in [0.29, 0.717) is 32.1 Å². The summed E-state index contributed by atoms with van der Waals surface area (Å²) < 4.78 is 19.7. The second-order valence-corrected chi connectivity index (χ2v) is 6.15. The Morgan fingerprint density at radius 2 is 2.22 bits per heavy atom. The summed E-state index contributed by atoms with van der Waals surface area (Å²) in [6.45, 7) is 1.92. The number of nitrogens with zero attached hydrogens (tertiary/aromatic N) is 2. The SMILES string of the molecule is CCC1N(c2cccnc2F)C(=O)OC12CCC(C(=O)O)CC2. The van der Waals surface area contributed by atoms with Gasteiger partial charge in [-0.2, -0.15) is 4.39 Å². The average molecular weight is 322 g/mol. The highest BCUT2D eigenvalue weighted by molar-refractivity contribution is 5.91. The number of carboxylic acid groups (broad SMARTS) is 1. The topological polar surface area (TPSA) is 79.7 Å². The Bertz CT molecular complexity index is 628. The van der Waals surface area contributed by atoms with Gasteiger partial charge in [-0.3, -0.25) is 9.69 Å². The van der Waals surface area contributed by atoms with Crippen molar-refractivity contribution in [1.29, 1.82) is 0 Å². The number of halogens is 1. The Morgan fingerprint density at radius 1 is 1.52 bits per heavy atom. The molecule has 124 valence electrons. The van der Waals surface area contributed by atoms with Crippen LogP contribution in [0, 0.1) is 11.9 Å². The fraction of sp³-hybridized carbons (Fsp3) is 0.562. The lowest BCUT2D eigenvalue weighted by Crippen LogP contribution is -2.48. The monoisotopic (exact) mass is 322 g/mol. The summed E-state index contributed by atoms with van der Waals surface area (Å²) in [4.78, 5) is 28.4. The summed E-state index contributed by atoms with van der Waals surface area (Å²) in [6, 6.07) is 2.77. The molecule has 1 aliphatic heterocycles. The number of hydrogen-bond donors (Lipinski definition) is 1. The van der Waals surface area contributed by atoms with E-state index in [4.69, 9.17) is 9.84 Å². The van der Waals surface area contributed by atoms with E-state index in [9.17, 15) is 14.0 Å². The Balaban J connectivity index is 1.89. The summed E-state index contributed by atoms with van der Waals surface area (Å²) in [7, 11) is 0. The van der Waals surface area contributed by atoms with Gasteiger partial charge in [-0.05, 0) is 44.2 Å². The van der Waals surface area contributed by atoms with Crippen molar-refractivity contribution in [2.75, 3.05) is 4.90 Å². The summed E-state index contributed by atoms with van der Waals surface area (Å²) in [5.41, 5.74) is -0.623. The zero-order valence-corrected chi connectivity index (χ0v) is 12.9. The molecule has 7 heteroatoms. The third-order valence-corrected chi connectivity index (χ3v) is 4.97. The van der Waals surface area contributed by atoms with Gasteiger partial charge in [0.05, 0.1) is 12.0 Å². The molecule has 1 amide bonds. The lowest BCUT2D eigenvalue weighted by molar-refractivity contribution is -0.144. The van der Waals surface area contributed by atoms with Gasteiger partial charge in [-0.15, -0.1) is 0 Å². The van der Waals surface area contributed by atoms with Gasteiger partial charge in [-0.1, -0.05) is 6.92 Å². The maximum atomic E-state index is 14.0. The molecular formula is C16H19FN2O4. The molecule has 1 N–H and O–H groups in total. The van der Waals surface area contributed by atoms with Crippen molar-refractivity contribution in [3.05, 3.63) is 24.3 Å². The van der Waals surface area contributed by atoms with E-state index in [0.717, 1.165) is 0 Å². The molecule has 6 nitrogen and oxygen atoms in total. The first-order chi connectivity index (χ1) is 11.0. The number of carboxylic acids is 1. The zero-order chi connectivity index (χ0) is 16.6. The summed E-state index contributed by atoms with van der Waals surface area (Å²) >= 11 is 0. The van der Waals surface area contributed by atoms with Crippen LogP contribution in [0.2, 0.25) is 0 Å². The predicted octanol–water partition coefficient (Wildman–Crippen LogP) is 2.97. The second-order valence-electron chi connectivity index (χ2n) is 6.15. The van der Waals surface area contributed by atoms with Crippen molar-refractivity contribution in [2.45, 2.75) is 50.7 Å². The van der Waals surface area contributed by atoms with Crippen molar-refractivity contribution >= 4 is 17.7 Å². The van der Waals surface area contributed by atoms with Crippen LogP contribution in [-0.2, 0) is 9.53 Å². The average Bonchev–Trinajstić information content (AvgIpc) is 2.79. The van der Waals surface area contributed by atoms with Crippen molar-refractivity contribution in [1.82, 2.24) is 4.98 Å². The zero-order valence-electron chi connectivity index (χ0n) is 12.9. The molecule has 1 aromatic heterocycles. The number of hydrogen-bond acceptors (Lipinski definition) is 4. The predicted molar refractivity (Wildman–Crippen MR) is 79.6 cm³/mol. The molecule has 2 heterocycles. The Hall–Kier alpha value is -2.18. The van der Waals surface area contributed by atoms with Crippen LogP contribution in [0.15, 0.2) is 18.3 Å². The van der Waals surface area contributed by atoms with Crippen LogP contribution in [0.3, 0.4) is 0 Å². The van der Waals surface area contributed by atoms with Crippen molar-refractivity contribution < 1.29 is 23.8 Å². The van der Waals surface area contributed by atoms with Crippen LogP contribution in [0.1, 0.15) is 39.0 Å². The molecule has 1 saturated heterocycles.